The summed E-state index contributed by atoms with van der Waals surface area (Å²) < 4.78 is 18.5. The molecule has 0 aliphatic heterocycles. The van der Waals surface area contributed by atoms with E-state index in [9.17, 15) is 9.18 Å². The van der Waals surface area contributed by atoms with Crippen molar-refractivity contribution >= 4 is 40.8 Å². The predicted octanol–water partition coefficient (Wildman–Crippen LogP) is 4.63. The van der Waals surface area contributed by atoms with E-state index in [1.807, 2.05) is 0 Å². The molecule has 0 saturated heterocycles. The van der Waals surface area contributed by atoms with Crippen molar-refractivity contribution in [3.63, 3.8) is 0 Å². The summed E-state index contributed by atoms with van der Waals surface area (Å²) in [6.07, 6.45) is 1.21. The van der Waals surface area contributed by atoms with Gasteiger partial charge in [0.2, 0.25) is 0 Å². The van der Waals surface area contributed by atoms with Crippen molar-refractivity contribution in [3.8, 4) is 11.3 Å². The lowest BCUT2D eigenvalue weighted by atomic mass is 10.1. The Bertz CT molecular complexity index is 668. The van der Waals surface area contributed by atoms with Crippen LogP contribution in [0.3, 0.4) is 0 Å². The molecule has 7 heteroatoms. The second-order valence-electron chi connectivity index (χ2n) is 3.80. The van der Waals surface area contributed by atoms with Crippen LogP contribution in [0.25, 0.3) is 11.3 Å². The normalized spacial score (nSPS) is 10.4. The van der Waals surface area contributed by atoms with Gasteiger partial charge in [-0.1, -0.05) is 34.8 Å². The minimum absolute atomic E-state index is 0.0121. The van der Waals surface area contributed by atoms with Crippen molar-refractivity contribution in [2.24, 2.45) is 0 Å². The number of methoxy groups -OCH3 is 1. The number of halogens is 4. The molecule has 0 spiro atoms. The Labute approximate surface area is 129 Å². The Morgan fingerprint density at radius 3 is 2.30 bits per heavy atom. The summed E-state index contributed by atoms with van der Waals surface area (Å²) in [7, 11) is 1.20. The van der Waals surface area contributed by atoms with Crippen molar-refractivity contribution in [3.05, 3.63) is 50.8 Å². The Balaban J connectivity index is 2.51. The maximum Gasteiger partial charge on any atom is 0.339 e. The van der Waals surface area contributed by atoms with Crippen LogP contribution in [-0.2, 0) is 4.74 Å². The molecule has 0 unspecified atom stereocenters. The van der Waals surface area contributed by atoms with Gasteiger partial charge < -0.3 is 4.74 Å². The van der Waals surface area contributed by atoms with E-state index in [0.29, 0.717) is 5.56 Å². The molecule has 0 fully saturated rings. The van der Waals surface area contributed by atoms with Crippen LogP contribution in [0.5, 0.6) is 0 Å². The van der Waals surface area contributed by atoms with Gasteiger partial charge in [-0.3, -0.25) is 4.98 Å². The van der Waals surface area contributed by atoms with Crippen LogP contribution in [0, 0.1) is 5.82 Å². The van der Waals surface area contributed by atoms with E-state index in [0.717, 1.165) is 6.07 Å². The summed E-state index contributed by atoms with van der Waals surface area (Å²) in [5.74, 6) is -1.36. The number of nitrogens with zero attached hydrogens (tertiary/aromatic N) is 1. The highest BCUT2D eigenvalue weighted by Gasteiger charge is 2.15. The highest BCUT2D eigenvalue weighted by Crippen LogP contribution is 2.35. The van der Waals surface area contributed by atoms with Gasteiger partial charge in [0.1, 0.15) is 11.5 Å². The number of hydrogen-bond donors (Lipinski definition) is 0. The van der Waals surface area contributed by atoms with Gasteiger partial charge in [0.15, 0.2) is 0 Å². The van der Waals surface area contributed by atoms with Gasteiger partial charge in [-0.25, -0.2) is 9.18 Å². The lowest BCUT2D eigenvalue weighted by molar-refractivity contribution is 0.0599. The third-order valence-corrected chi connectivity index (χ3v) is 3.72. The standard InChI is InChI=1S/C13H7Cl3FNO2/c1-20-13(19)7-4-10(17)12(18-5-7)6-2-8(14)11(16)9(15)3-6/h2-5H,1H3. The van der Waals surface area contributed by atoms with E-state index in [1.165, 1.54) is 25.4 Å². The summed E-state index contributed by atoms with van der Waals surface area (Å²) >= 11 is 17.6. The molecule has 1 aromatic carbocycles. The van der Waals surface area contributed by atoms with Crippen molar-refractivity contribution in [1.82, 2.24) is 4.98 Å². The average molecular weight is 335 g/mol. The number of esters is 1. The molecule has 2 rings (SSSR count). The molecule has 20 heavy (non-hydrogen) atoms. The average Bonchev–Trinajstić information content (AvgIpc) is 2.43. The largest absolute Gasteiger partial charge is 0.465 e. The second kappa shape index (κ2) is 5.95. The zero-order valence-electron chi connectivity index (χ0n) is 10.1. The number of hydrogen-bond acceptors (Lipinski definition) is 3. The Morgan fingerprint density at radius 1 is 1.20 bits per heavy atom. The molecule has 2 aromatic rings. The summed E-state index contributed by atoms with van der Waals surface area (Å²) in [6.45, 7) is 0. The second-order valence-corrected chi connectivity index (χ2v) is 4.99. The van der Waals surface area contributed by atoms with Crippen LogP contribution in [0.4, 0.5) is 4.39 Å². The predicted molar refractivity (Wildman–Crippen MR) is 76.0 cm³/mol. The van der Waals surface area contributed by atoms with Crippen LogP contribution in [0.1, 0.15) is 10.4 Å². The molecule has 0 amide bonds. The van der Waals surface area contributed by atoms with Gasteiger partial charge >= 0.3 is 5.97 Å². The maximum absolute atomic E-state index is 14.0. The Hall–Kier alpha value is -1.36. The number of aromatic nitrogens is 1. The minimum atomic E-state index is -0.692. The molecule has 0 radical (unpaired) electrons. The van der Waals surface area contributed by atoms with E-state index in [4.69, 9.17) is 34.8 Å². The van der Waals surface area contributed by atoms with Crippen molar-refractivity contribution in [2.45, 2.75) is 0 Å². The van der Waals surface area contributed by atoms with E-state index in [2.05, 4.69) is 9.72 Å². The first-order chi connectivity index (χ1) is 9.43. The fourth-order valence-corrected chi connectivity index (χ4v) is 2.17. The van der Waals surface area contributed by atoms with Crippen molar-refractivity contribution in [1.29, 1.82) is 0 Å². The first-order valence-corrected chi connectivity index (χ1v) is 6.46. The van der Waals surface area contributed by atoms with Crippen molar-refractivity contribution < 1.29 is 13.9 Å². The fraction of sp³-hybridized carbons (Fsp3) is 0.0769. The molecule has 0 aliphatic carbocycles. The van der Waals surface area contributed by atoms with Crippen LogP contribution < -0.4 is 0 Å². The number of carbonyl (C=O) groups is 1. The molecule has 104 valence electrons. The van der Waals surface area contributed by atoms with E-state index >= 15 is 0 Å². The molecule has 0 N–H and O–H groups in total. The third-order valence-electron chi connectivity index (χ3n) is 2.52. The van der Waals surface area contributed by atoms with Crippen LogP contribution in [0.15, 0.2) is 24.4 Å². The number of carbonyl (C=O) groups excluding carboxylic acids is 1. The SMILES string of the molecule is COC(=O)c1cnc(-c2cc(Cl)c(Cl)c(Cl)c2)c(F)c1. The van der Waals surface area contributed by atoms with Gasteiger partial charge in [0.05, 0.1) is 27.7 Å². The molecule has 0 aliphatic rings. The Morgan fingerprint density at radius 2 is 1.80 bits per heavy atom. The summed E-state index contributed by atoms with van der Waals surface area (Å²) in [5, 5.41) is 0.559. The number of ether oxygens (including phenoxy) is 1. The molecule has 3 nitrogen and oxygen atoms in total. The molecule has 0 atom stereocenters. The maximum atomic E-state index is 14.0. The highest BCUT2D eigenvalue weighted by molar-refractivity contribution is 6.48. The summed E-state index contributed by atoms with van der Waals surface area (Å²) in [4.78, 5) is 15.2. The quantitative estimate of drug-likeness (QED) is 0.593. The van der Waals surface area contributed by atoms with Gasteiger partial charge in [0, 0.05) is 11.8 Å². The lowest BCUT2D eigenvalue weighted by Gasteiger charge is -2.07. The van der Waals surface area contributed by atoms with Gasteiger partial charge in [-0.2, -0.15) is 0 Å². The third kappa shape index (κ3) is 2.87. The zero-order valence-corrected chi connectivity index (χ0v) is 12.4. The van der Waals surface area contributed by atoms with Gasteiger partial charge in [-0.15, -0.1) is 0 Å². The first-order valence-electron chi connectivity index (χ1n) is 5.32. The molecule has 1 aromatic heterocycles. The molecule has 0 bridgehead atoms. The van der Waals surface area contributed by atoms with Gasteiger partial charge in [-0.05, 0) is 18.2 Å². The minimum Gasteiger partial charge on any atom is -0.465 e. The van der Waals surface area contributed by atoms with E-state index in [-0.39, 0.29) is 26.3 Å². The number of benzene rings is 1. The fourth-order valence-electron chi connectivity index (χ4n) is 1.57. The zero-order chi connectivity index (χ0) is 14.9. The smallest absolute Gasteiger partial charge is 0.339 e. The molecule has 0 saturated carbocycles. The molecular weight excluding hydrogens is 328 g/mol. The van der Waals surface area contributed by atoms with Crippen LogP contribution >= 0.6 is 34.8 Å². The topological polar surface area (TPSA) is 39.2 Å². The van der Waals surface area contributed by atoms with E-state index < -0.39 is 11.8 Å². The van der Waals surface area contributed by atoms with Crippen LogP contribution in [0.2, 0.25) is 15.1 Å². The number of rotatable bonds is 2. The van der Waals surface area contributed by atoms with E-state index in [1.54, 1.807) is 0 Å². The summed E-state index contributed by atoms with van der Waals surface area (Å²) in [6, 6.07) is 3.92. The highest BCUT2D eigenvalue weighted by atomic mass is 35.5. The summed E-state index contributed by atoms with van der Waals surface area (Å²) in [5.41, 5.74) is 0.386. The lowest BCUT2D eigenvalue weighted by Crippen LogP contribution is -2.03. The monoisotopic (exact) mass is 333 g/mol. The molecule has 1 heterocycles. The van der Waals surface area contributed by atoms with Crippen molar-refractivity contribution in [2.75, 3.05) is 7.11 Å². The van der Waals surface area contributed by atoms with Gasteiger partial charge in [0.25, 0.3) is 0 Å². The van der Waals surface area contributed by atoms with Crippen LogP contribution in [-0.4, -0.2) is 18.1 Å². The molecular formula is C13H7Cl3FNO2. The number of pyridine rings is 1. The Kier molecular flexibility index (Phi) is 4.48. The first kappa shape index (κ1) is 15.0.